The van der Waals surface area contributed by atoms with Crippen molar-refractivity contribution in [3.63, 3.8) is 0 Å². The van der Waals surface area contributed by atoms with Gasteiger partial charge in [0.05, 0.1) is 11.5 Å². The van der Waals surface area contributed by atoms with Gasteiger partial charge in [-0.2, -0.15) is 5.10 Å². The molecule has 0 aliphatic carbocycles. The number of nitrogens with one attached hydrogen (secondary N) is 1. The lowest BCUT2D eigenvalue weighted by Crippen LogP contribution is -2.52. The molecule has 3 heterocycles. The Balaban J connectivity index is 1.11. The lowest BCUT2D eigenvalue weighted by atomic mass is 9.89. The number of likely N-dealkylation sites (tertiary alicyclic amines) is 1. The summed E-state index contributed by atoms with van der Waals surface area (Å²) in [6, 6.07) is 14.5. The van der Waals surface area contributed by atoms with Crippen molar-refractivity contribution < 1.29 is 18.4 Å². The summed E-state index contributed by atoms with van der Waals surface area (Å²) in [6.07, 6.45) is 3.12. The summed E-state index contributed by atoms with van der Waals surface area (Å²) in [5.41, 5.74) is 1.79. The number of carbonyl (C=O) groups excluding carboxylic acids is 2. The van der Waals surface area contributed by atoms with Gasteiger partial charge < -0.3 is 15.1 Å². The van der Waals surface area contributed by atoms with E-state index in [-0.39, 0.29) is 23.3 Å². The molecule has 2 saturated heterocycles. The van der Waals surface area contributed by atoms with Crippen LogP contribution in [0.3, 0.4) is 0 Å². The first-order valence-corrected chi connectivity index (χ1v) is 11.7. The SMILES string of the molecule is O=C(Nc1ccc(C2CCN(C(=O)c3ccc(F)cc3F)CC2)cc1)C1CN(c2cccnn2)C1. The van der Waals surface area contributed by atoms with Gasteiger partial charge in [0.2, 0.25) is 5.91 Å². The monoisotopic (exact) mass is 477 g/mol. The summed E-state index contributed by atoms with van der Waals surface area (Å²) in [6.45, 7) is 2.23. The predicted molar refractivity (Wildman–Crippen MR) is 127 cm³/mol. The summed E-state index contributed by atoms with van der Waals surface area (Å²) < 4.78 is 27.1. The van der Waals surface area contributed by atoms with Gasteiger partial charge in [-0.25, -0.2) is 8.78 Å². The summed E-state index contributed by atoms with van der Waals surface area (Å²) >= 11 is 0. The molecule has 180 valence electrons. The number of benzene rings is 2. The molecule has 2 aliphatic rings. The van der Waals surface area contributed by atoms with E-state index >= 15 is 0 Å². The molecule has 0 bridgehead atoms. The van der Waals surface area contributed by atoms with Gasteiger partial charge in [-0.05, 0) is 60.7 Å². The predicted octanol–water partition coefficient (Wildman–Crippen LogP) is 3.85. The zero-order chi connectivity index (χ0) is 24.4. The molecule has 0 spiro atoms. The number of aromatic nitrogens is 2. The third-order valence-electron chi connectivity index (χ3n) is 6.73. The van der Waals surface area contributed by atoms with E-state index < -0.39 is 17.5 Å². The number of piperidine rings is 1. The second kappa shape index (κ2) is 9.77. The minimum absolute atomic E-state index is 0.0160. The van der Waals surface area contributed by atoms with E-state index in [2.05, 4.69) is 15.5 Å². The number of anilines is 2. The van der Waals surface area contributed by atoms with Crippen LogP contribution < -0.4 is 10.2 Å². The molecule has 2 aromatic carbocycles. The third-order valence-corrected chi connectivity index (χ3v) is 6.73. The molecule has 5 rings (SSSR count). The molecule has 0 saturated carbocycles. The van der Waals surface area contributed by atoms with E-state index in [1.807, 2.05) is 41.3 Å². The second-order valence-corrected chi connectivity index (χ2v) is 8.99. The zero-order valence-electron chi connectivity index (χ0n) is 19.0. The van der Waals surface area contributed by atoms with Crippen LogP contribution in [0.4, 0.5) is 20.3 Å². The summed E-state index contributed by atoms with van der Waals surface area (Å²) in [5, 5.41) is 10.9. The Labute approximate surface area is 201 Å². The van der Waals surface area contributed by atoms with E-state index in [1.165, 1.54) is 6.07 Å². The fourth-order valence-corrected chi connectivity index (χ4v) is 4.63. The van der Waals surface area contributed by atoms with Crippen LogP contribution in [0.15, 0.2) is 60.8 Å². The van der Waals surface area contributed by atoms with Gasteiger partial charge in [0, 0.05) is 44.1 Å². The third kappa shape index (κ3) is 4.99. The molecule has 1 aromatic heterocycles. The first kappa shape index (κ1) is 22.9. The summed E-state index contributed by atoms with van der Waals surface area (Å²) in [4.78, 5) is 28.8. The van der Waals surface area contributed by atoms with E-state index in [1.54, 1.807) is 11.1 Å². The topological polar surface area (TPSA) is 78.4 Å². The van der Waals surface area contributed by atoms with E-state index in [4.69, 9.17) is 0 Å². The molecule has 2 amide bonds. The average molecular weight is 478 g/mol. The molecule has 0 unspecified atom stereocenters. The Morgan fingerprint density at radius 3 is 2.37 bits per heavy atom. The number of amides is 2. The van der Waals surface area contributed by atoms with E-state index in [9.17, 15) is 18.4 Å². The van der Waals surface area contributed by atoms with Crippen LogP contribution >= 0.6 is 0 Å². The molecule has 35 heavy (non-hydrogen) atoms. The Morgan fingerprint density at radius 1 is 0.971 bits per heavy atom. The number of nitrogens with zero attached hydrogens (tertiary/aromatic N) is 4. The van der Waals surface area contributed by atoms with Crippen molar-refractivity contribution in [3.8, 4) is 0 Å². The summed E-state index contributed by atoms with van der Waals surface area (Å²) in [5.74, 6) is -1.01. The van der Waals surface area contributed by atoms with Gasteiger partial charge in [-0.3, -0.25) is 9.59 Å². The highest BCUT2D eigenvalue weighted by molar-refractivity contribution is 5.95. The maximum atomic E-state index is 14.0. The smallest absolute Gasteiger partial charge is 0.256 e. The highest BCUT2D eigenvalue weighted by atomic mass is 19.1. The molecule has 1 N–H and O–H groups in total. The van der Waals surface area contributed by atoms with Crippen molar-refractivity contribution in [1.29, 1.82) is 0 Å². The van der Waals surface area contributed by atoms with Gasteiger partial charge in [0.1, 0.15) is 11.6 Å². The Bertz CT molecular complexity index is 1210. The molecule has 7 nitrogen and oxygen atoms in total. The largest absolute Gasteiger partial charge is 0.353 e. The van der Waals surface area contributed by atoms with Crippen LogP contribution in [-0.4, -0.2) is 53.1 Å². The molecule has 2 fully saturated rings. The van der Waals surface area contributed by atoms with E-state index in [0.717, 1.165) is 42.0 Å². The quantitative estimate of drug-likeness (QED) is 0.604. The molecular weight excluding hydrogens is 452 g/mol. The lowest BCUT2D eigenvalue weighted by molar-refractivity contribution is -0.120. The fourth-order valence-electron chi connectivity index (χ4n) is 4.63. The van der Waals surface area contributed by atoms with Gasteiger partial charge in [-0.15, -0.1) is 5.10 Å². The van der Waals surface area contributed by atoms with Crippen LogP contribution in [-0.2, 0) is 4.79 Å². The van der Waals surface area contributed by atoms with Crippen LogP contribution in [0, 0.1) is 17.6 Å². The Morgan fingerprint density at radius 2 is 1.71 bits per heavy atom. The second-order valence-electron chi connectivity index (χ2n) is 8.99. The van der Waals surface area contributed by atoms with Crippen LogP contribution in [0.25, 0.3) is 0 Å². The van der Waals surface area contributed by atoms with Crippen molar-refractivity contribution in [2.45, 2.75) is 18.8 Å². The average Bonchev–Trinajstić information content (AvgIpc) is 2.84. The standard InChI is InChI=1S/C26H25F2N5O2/c27-20-5-8-22(23(28)14-20)26(35)32-12-9-18(10-13-32)17-3-6-21(7-4-17)30-25(34)19-15-33(16-19)24-2-1-11-29-31-24/h1-8,11,14,18-19H,9-10,12-13,15-16H2,(H,30,34). The summed E-state index contributed by atoms with van der Waals surface area (Å²) in [7, 11) is 0. The number of hydrogen-bond donors (Lipinski definition) is 1. The van der Waals surface area contributed by atoms with Gasteiger partial charge in [0.15, 0.2) is 5.82 Å². The maximum Gasteiger partial charge on any atom is 0.256 e. The van der Waals surface area contributed by atoms with Crippen LogP contribution in [0.2, 0.25) is 0 Å². The number of hydrogen-bond acceptors (Lipinski definition) is 5. The van der Waals surface area contributed by atoms with E-state index in [0.29, 0.717) is 26.2 Å². The van der Waals surface area contributed by atoms with Gasteiger partial charge in [-0.1, -0.05) is 12.1 Å². The van der Waals surface area contributed by atoms with Crippen molar-refractivity contribution in [3.05, 3.63) is 83.6 Å². The fraction of sp³-hybridized carbons (Fsp3) is 0.308. The number of halogens is 2. The molecule has 0 atom stereocenters. The molecule has 3 aromatic rings. The number of carbonyl (C=O) groups is 2. The van der Waals surface area contributed by atoms with Gasteiger partial charge >= 0.3 is 0 Å². The Kier molecular flexibility index (Phi) is 6.39. The Hall–Kier alpha value is -3.88. The lowest BCUT2D eigenvalue weighted by Gasteiger charge is -2.38. The first-order chi connectivity index (χ1) is 17.0. The normalized spacial score (nSPS) is 16.6. The highest BCUT2D eigenvalue weighted by Gasteiger charge is 2.33. The van der Waals surface area contributed by atoms with Crippen molar-refractivity contribution in [2.24, 2.45) is 5.92 Å². The minimum atomic E-state index is -0.835. The molecule has 9 heteroatoms. The number of rotatable bonds is 5. The molecular formula is C26H25F2N5O2. The van der Waals surface area contributed by atoms with Gasteiger partial charge in [0.25, 0.3) is 5.91 Å². The highest BCUT2D eigenvalue weighted by Crippen LogP contribution is 2.30. The molecule has 0 radical (unpaired) electrons. The van der Waals surface area contributed by atoms with Crippen LogP contribution in [0.1, 0.15) is 34.7 Å². The van der Waals surface area contributed by atoms with Crippen molar-refractivity contribution in [2.75, 3.05) is 36.4 Å². The zero-order valence-corrected chi connectivity index (χ0v) is 19.0. The maximum absolute atomic E-state index is 14.0. The van der Waals surface area contributed by atoms with Crippen LogP contribution in [0.5, 0.6) is 0 Å². The van der Waals surface area contributed by atoms with Crippen molar-refractivity contribution in [1.82, 2.24) is 15.1 Å². The molecule has 2 aliphatic heterocycles. The first-order valence-electron chi connectivity index (χ1n) is 11.7. The van der Waals surface area contributed by atoms with Crippen molar-refractivity contribution >= 4 is 23.3 Å². The minimum Gasteiger partial charge on any atom is -0.353 e.